The summed E-state index contributed by atoms with van der Waals surface area (Å²) in [6.45, 7) is 2.30. The van der Waals surface area contributed by atoms with Crippen molar-refractivity contribution in [2.24, 2.45) is 0 Å². The van der Waals surface area contributed by atoms with Gasteiger partial charge in [0.05, 0.1) is 17.9 Å². The maximum Gasteiger partial charge on any atom is 0.325 e. The van der Waals surface area contributed by atoms with Crippen molar-refractivity contribution in [1.82, 2.24) is 10.1 Å². The van der Waals surface area contributed by atoms with E-state index in [2.05, 4.69) is 15.4 Å². The highest BCUT2D eigenvalue weighted by atomic mass is 32.2. The number of fused-ring (bicyclic) bond motifs is 3. The Kier molecular flexibility index (Phi) is 4.49. The highest BCUT2D eigenvalue weighted by Gasteiger charge is 2.37. The summed E-state index contributed by atoms with van der Waals surface area (Å²) in [7, 11) is 0. The van der Waals surface area contributed by atoms with Crippen LogP contribution in [-0.4, -0.2) is 28.1 Å². The molecule has 0 radical (unpaired) electrons. The number of aromatic hydroxyl groups is 1. The number of ether oxygens (including phenoxy) is 1. The Labute approximate surface area is 160 Å². The first-order valence-electron chi connectivity index (χ1n) is 8.54. The third-order valence-corrected chi connectivity index (χ3v) is 4.95. The molecule has 1 aliphatic rings. The van der Waals surface area contributed by atoms with Crippen LogP contribution in [0.3, 0.4) is 0 Å². The number of hydrogen-bond acceptors (Lipinski definition) is 6. The minimum atomic E-state index is -0.414. The zero-order valence-corrected chi connectivity index (χ0v) is 15.7. The van der Waals surface area contributed by atoms with E-state index in [1.165, 1.54) is 11.8 Å². The van der Waals surface area contributed by atoms with Gasteiger partial charge in [-0.3, -0.25) is 9.78 Å². The van der Waals surface area contributed by atoms with Crippen molar-refractivity contribution in [2.75, 3.05) is 18.2 Å². The number of para-hydroxylation sites is 1. The number of thioether (sulfide) groups is 1. The second-order valence-electron chi connectivity index (χ2n) is 6.01. The van der Waals surface area contributed by atoms with Gasteiger partial charge < -0.3 is 15.2 Å². The molecule has 0 unspecified atom stereocenters. The second-order valence-corrected chi connectivity index (χ2v) is 6.80. The van der Waals surface area contributed by atoms with E-state index in [9.17, 15) is 9.90 Å². The number of H-pyrrole nitrogens is 1. The van der Waals surface area contributed by atoms with Crippen LogP contribution in [0, 0.1) is 0 Å². The van der Waals surface area contributed by atoms with Gasteiger partial charge in [-0.25, -0.2) is 0 Å². The molecular weight excluding hydrogens is 364 g/mol. The molecular formula is C19H19N4O3S+. The maximum absolute atomic E-state index is 12.8. The first kappa shape index (κ1) is 17.4. The monoisotopic (exact) mass is 383 g/mol. The van der Waals surface area contributed by atoms with E-state index in [4.69, 9.17) is 4.74 Å². The summed E-state index contributed by atoms with van der Waals surface area (Å²) in [5.41, 5.74) is 2.74. The number of nitrogens with one attached hydrogen (secondary N) is 2. The number of hydrogen-bond donors (Lipinski definition) is 3. The van der Waals surface area contributed by atoms with Crippen LogP contribution in [0.5, 0.6) is 11.5 Å². The Morgan fingerprint density at radius 1 is 1.30 bits per heavy atom. The fraction of sp³-hybridized carbons (Fsp3) is 0.211. The summed E-state index contributed by atoms with van der Waals surface area (Å²) in [4.78, 5) is 15.6. The van der Waals surface area contributed by atoms with Crippen molar-refractivity contribution >= 4 is 17.4 Å². The highest BCUT2D eigenvalue weighted by molar-refractivity contribution is 7.98. The van der Waals surface area contributed by atoms with Gasteiger partial charge in [0, 0.05) is 10.7 Å². The molecule has 0 saturated heterocycles. The van der Waals surface area contributed by atoms with Crippen molar-refractivity contribution in [3.05, 3.63) is 58.4 Å². The third kappa shape index (κ3) is 3.02. The zero-order chi connectivity index (χ0) is 19.0. The van der Waals surface area contributed by atoms with Crippen molar-refractivity contribution in [3.8, 4) is 22.8 Å². The third-order valence-electron chi connectivity index (χ3n) is 4.37. The molecule has 2 aromatic carbocycles. The molecule has 0 saturated carbocycles. The predicted molar refractivity (Wildman–Crippen MR) is 103 cm³/mol. The number of anilines is 1. The van der Waals surface area contributed by atoms with Crippen molar-refractivity contribution in [3.63, 3.8) is 0 Å². The molecule has 138 valence electrons. The van der Waals surface area contributed by atoms with Crippen molar-refractivity contribution < 1.29 is 14.5 Å². The quantitative estimate of drug-likeness (QED) is 0.474. The number of nitrogens with zero attached hydrogens (tertiary/aromatic N) is 2. The fourth-order valence-corrected chi connectivity index (χ4v) is 3.54. The molecule has 8 heteroatoms. The molecule has 0 aliphatic carbocycles. The lowest BCUT2D eigenvalue weighted by Crippen LogP contribution is -2.55. The number of aromatic amines is 1. The minimum absolute atomic E-state index is 0.0747. The van der Waals surface area contributed by atoms with E-state index in [0.717, 1.165) is 16.8 Å². The fourth-order valence-electron chi connectivity index (χ4n) is 3.18. The Bertz CT molecular complexity index is 1070. The Morgan fingerprint density at radius 2 is 2.11 bits per heavy atom. The lowest BCUT2D eigenvalue weighted by Gasteiger charge is -2.22. The van der Waals surface area contributed by atoms with E-state index in [1.54, 1.807) is 22.9 Å². The molecule has 1 atom stereocenters. The summed E-state index contributed by atoms with van der Waals surface area (Å²) in [5, 5.41) is 18.6. The minimum Gasteiger partial charge on any atom is -0.504 e. The van der Waals surface area contributed by atoms with Crippen molar-refractivity contribution in [2.45, 2.75) is 18.2 Å². The average Bonchev–Trinajstić information content (AvgIpc) is 2.68. The summed E-state index contributed by atoms with van der Waals surface area (Å²) < 4.78 is 7.20. The Morgan fingerprint density at radius 3 is 2.89 bits per heavy atom. The van der Waals surface area contributed by atoms with Gasteiger partial charge in [0.15, 0.2) is 11.5 Å². The van der Waals surface area contributed by atoms with Gasteiger partial charge in [-0.05, 0) is 48.2 Å². The van der Waals surface area contributed by atoms with Gasteiger partial charge in [0.25, 0.3) is 6.17 Å². The molecule has 0 fully saturated rings. The smallest absolute Gasteiger partial charge is 0.325 e. The Balaban J connectivity index is 1.93. The van der Waals surface area contributed by atoms with E-state index in [0.29, 0.717) is 23.2 Å². The van der Waals surface area contributed by atoms with Crippen LogP contribution in [0.1, 0.15) is 18.7 Å². The van der Waals surface area contributed by atoms with Crippen LogP contribution in [-0.2, 0) is 0 Å². The van der Waals surface area contributed by atoms with E-state index >= 15 is 0 Å². The molecule has 0 amide bonds. The normalized spacial score (nSPS) is 14.8. The van der Waals surface area contributed by atoms with Crippen LogP contribution >= 0.6 is 11.8 Å². The second kappa shape index (κ2) is 6.96. The lowest BCUT2D eigenvalue weighted by atomic mass is 10.0. The number of benzene rings is 2. The molecule has 7 nitrogen and oxygen atoms in total. The van der Waals surface area contributed by atoms with E-state index < -0.39 is 6.17 Å². The van der Waals surface area contributed by atoms with Crippen molar-refractivity contribution in [1.29, 1.82) is 0 Å². The molecule has 3 aromatic rings. The summed E-state index contributed by atoms with van der Waals surface area (Å²) in [5.74, 6) is 0.471. The SMILES string of the molecule is CCOc1cc([C@@H]2Nc3ccccc3-c3c(=O)[nH]c(SC)n[n+]32)ccc1O. The van der Waals surface area contributed by atoms with Crippen LogP contribution in [0.25, 0.3) is 11.3 Å². The molecule has 27 heavy (non-hydrogen) atoms. The zero-order valence-electron chi connectivity index (χ0n) is 14.9. The standard InChI is InChI=1S/C19H18N4O3S/c1-3-26-15-10-11(8-9-14(15)24)17-20-13-7-5-4-6-12(13)16-18(25)21-19(27-2)22-23(16)17/h4-10,17H,3H2,1-2H3,(H2,21,22,24,25)/p+1/t17-/m1/s1. The average molecular weight is 383 g/mol. The van der Waals surface area contributed by atoms with Gasteiger partial charge in [-0.2, -0.15) is 0 Å². The summed E-state index contributed by atoms with van der Waals surface area (Å²) in [6, 6.07) is 12.8. The van der Waals surface area contributed by atoms with Crippen LogP contribution in [0.2, 0.25) is 0 Å². The largest absolute Gasteiger partial charge is 0.504 e. The summed E-state index contributed by atoms with van der Waals surface area (Å²) in [6.07, 6.45) is 1.45. The molecule has 4 rings (SSSR count). The first-order chi connectivity index (χ1) is 13.1. The molecule has 0 spiro atoms. The predicted octanol–water partition coefficient (Wildman–Crippen LogP) is 2.52. The van der Waals surface area contributed by atoms with Gasteiger partial charge in [0.1, 0.15) is 0 Å². The molecule has 3 N–H and O–H groups in total. The summed E-state index contributed by atoms with van der Waals surface area (Å²) >= 11 is 1.37. The van der Waals surface area contributed by atoms with Gasteiger partial charge >= 0.3 is 11.3 Å². The van der Waals surface area contributed by atoms with Crippen LogP contribution in [0.15, 0.2) is 52.4 Å². The number of aromatic nitrogens is 3. The highest BCUT2D eigenvalue weighted by Crippen LogP contribution is 2.34. The van der Waals surface area contributed by atoms with Gasteiger partial charge in [0.2, 0.25) is 5.16 Å². The van der Waals surface area contributed by atoms with Crippen LogP contribution in [0.4, 0.5) is 5.69 Å². The lowest BCUT2D eigenvalue weighted by molar-refractivity contribution is -0.759. The van der Waals surface area contributed by atoms with Gasteiger partial charge in [-0.15, -0.1) is 0 Å². The van der Waals surface area contributed by atoms with E-state index in [1.807, 2.05) is 37.4 Å². The molecule has 1 aliphatic heterocycles. The molecule has 2 heterocycles. The van der Waals surface area contributed by atoms with Crippen LogP contribution < -0.4 is 20.3 Å². The number of phenolic OH excluding ortho intramolecular Hbond substituents is 1. The van der Waals surface area contributed by atoms with E-state index in [-0.39, 0.29) is 11.3 Å². The molecule has 0 bridgehead atoms. The number of rotatable bonds is 4. The number of phenols is 1. The topological polar surface area (TPSA) is 91.1 Å². The molecule has 1 aromatic heterocycles. The Hall–Kier alpha value is -3.00. The van der Waals surface area contributed by atoms with Gasteiger partial charge in [-0.1, -0.05) is 23.9 Å². The first-order valence-corrected chi connectivity index (χ1v) is 9.76. The maximum atomic E-state index is 12.8.